The van der Waals surface area contributed by atoms with E-state index in [0.717, 1.165) is 6.07 Å². The van der Waals surface area contributed by atoms with E-state index in [1.54, 1.807) is 4.90 Å². The molecule has 1 aromatic carbocycles. The number of hydrogen-bond donors (Lipinski definition) is 0. The SMILES string of the molecule is CC(C)N(CC#N)Cc1cccc([N+](=O)[O-])c1F. The molecule has 0 aromatic heterocycles. The second-order valence-corrected chi connectivity index (χ2v) is 4.16. The van der Waals surface area contributed by atoms with Crippen molar-refractivity contribution < 1.29 is 9.31 Å². The number of nitrogens with zero attached hydrogens (tertiary/aromatic N) is 3. The number of nitro groups is 1. The second-order valence-electron chi connectivity index (χ2n) is 4.16. The smallest absolute Gasteiger partial charge is 0.284 e. The number of benzene rings is 1. The molecule has 18 heavy (non-hydrogen) atoms. The fourth-order valence-corrected chi connectivity index (χ4v) is 1.56. The highest BCUT2D eigenvalue weighted by Crippen LogP contribution is 2.21. The van der Waals surface area contributed by atoms with Crippen LogP contribution in [0.15, 0.2) is 18.2 Å². The van der Waals surface area contributed by atoms with Crippen molar-refractivity contribution in [2.75, 3.05) is 6.54 Å². The third-order valence-electron chi connectivity index (χ3n) is 2.63. The van der Waals surface area contributed by atoms with Crippen LogP contribution < -0.4 is 0 Å². The van der Waals surface area contributed by atoms with Crippen molar-refractivity contribution in [2.24, 2.45) is 0 Å². The highest BCUT2D eigenvalue weighted by molar-refractivity contribution is 5.36. The summed E-state index contributed by atoms with van der Waals surface area (Å²) in [4.78, 5) is 11.6. The lowest BCUT2D eigenvalue weighted by Crippen LogP contribution is -2.31. The third kappa shape index (κ3) is 3.25. The van der Waals surface area contributed by atoms with Gasteiger partial charge >= 0.3 is 5.69 Å². The Kier molecular flexibility index (Phi) is 4.75. The van der Waals surface area contributed by atoms with E-state index in [9.17, 15) is 14.5 Å². The molecule has 0 spiro atoms. The minimum absolute atomic E-state index is 0.0586. The monoisotopic (exact) mass is 251 g/mol. The Bertz CT molecular complexity index is 483. The summed E-state index contributed by atoms with van der Waals surface area (Å²) in [6.07, 6.45) is 0. The molecule has 96 valence electrons. The molecule has 0 heterocycles. The van der Waals surface area contributed by atoms with E-state index >= 15 is 0 Å². The van der Waals surface area contributed by atoms with Crippen molar-refractivity contribution in [1.82, 2.24) is 4.90 Å². The van der Waals surface area contributed by atoms with Crippen LogP contribution in [0.25, 0.3) is 0 Å². The summed E-state index contributed by atoms with van der Waals surface area (Å²) in [5.41, 5.74) is -0.304. The summed E-state index contributed by atoms with van der Waals surface area (Å²) in [5, 5.41) is 19.3. The summed E-state index contributed by atoms with van der Waals surface area (Å²) in [7, 11) is 0. The summed E-state index contributed by atoms with van der Waals surface area (Å²) >= 11 is 0. The van der Waals surface area contributed by atoms with Gasteiger partial charge in [-0.15, -0.1) is 0 Å². The van der Waals surface area contributed by atoms with Gasteiger partial charge in [-0.3, -0.25) is 15.0 Å². The van der Waals surface area contributed by atoms with E-state index in [0.29, 0.717) is 0 Å². The average molecular weight is 251 g/mol. The summed E-state index contributed by atoms with van der Waals surface area (Å²) < 4.78 is 13.8. The Morgan fingerprint density at radius 1 is 1.56 bits per heavy atom. The molecule has 0 amide bonds. The first kappa shape index (κ1) is 14.1. The molecular weight excluding hydrogens is 237 g/mol. The zero-order chi connectivity index (χ0) is 13.7. The van der Waals surface area contributed by atoms with E-state index < -0.39 is 16.4 Å². The molecule has 0 saturated heterocycles. The quantitative estimate of drug-likeness (QED) is 0.458. The Labute approximate surface area is 105 Å². The summed E-state index contributed by atoms with van der Waals surface area (Å²) in [6, 6.07) is 6.12. The number of rotatable bonds is 5. The lowest BCUT2D eigenvalue weighted by atomic mass is 10.1. The fourth-order valence-electron chi connectivity index (χ4n) is 1.56. The molecule has 1 aromatic rings. The first-order valence-electron chi connectivity index (χ1n) is 5.50. The Balaban J connectivity index is 3.00. The Morgan fingerprint density at radius 2 is 2.22 bits per heavy atom. The molecule has 0 bridgehead atoms. The van der Waals surface area contributed by atoms with E-state index in [4.69, 9.17) is 5.26 Å². The van der Waals surface area contributed by atoms with Crippen LogP contribution in [0.2, 0.25) is 0 Å². The predicted octanol–water partition coefficient (Wildman–Crippen LogP) is 2.47. The summed E-state index contributed by atoms with van der Waals surface area (Å²) in [5.74, 6) is -0.828. The molecule has 0 radical (unpaired) electrons. The molecule has 0 aliphatic carbocycles. The first-order valence-corrected chi connectivity index (χ1v) is 5.50. The van der Waals surface area contributed by atoms with Gasteiger partial charge < -0.3 is 0 Å². The maximum Gasteiger partial charge on any atom is 0.305 e. The minimum Gasteiger partial charge on any atom is -0.284 e. The largest absolute Gasteiger partial charge is 0.305 e. The molecule has 0 atom stereocenters. The minimum atomic E-state index is -0.828. The van der Waals surface area contributed by atoms with Crippen LogP contribution in [0.5, 0.6) is 0 Å². The van der Waals surface area contributed by atoms with Crippen LogP contribution in [0.4, 0.5) is 10.1 Å². The molecule has 0 unspecified atom stereocenters. The normalized spacial score (nSPS) is 10.7. The highest BCUT2D eigenvalue weighted by Gasteiger charge is 2.19. The Morgan fingerprint density at radius 3 is 2.72 bits per heavy atom. The van der Waals surface area contributed by atoms with Crippen molar-refractivity contribution in [3.8, 4) is 6.07 Å². The lowest BCUT2D eigenvalue weighted by molar-refractivity contribution is -0.387. The van der Waals surface area contributed by atoms with Gasteiger partial charge in [-0.2, -0.15) is 9.65 Å². The molecule has 0 aliphatic heterocycles. The maximum absolute atomic E-state index is 13.8. The van der Waals surface area contributed by atoms with Crippen LogP contribution in [-0.2, 0) is 6.54 Å². The van der Waals surface area contributed by atoms with Crippen molar-refractivity contribution in [3.05, 3.63) is 39.7 Å². The van der Waals surface area contributed by atoms with Gasteiger partial charge in [0.15, 0.2) is 0 Å². The average Bonchev–Trinajstić information content (AvgIpc) is 2.30. The number of hydrogen-bond acceptors (Lipinski definition) is 4. The van der Waals surface area contributed by atoms with Gasteiger partial charge in [0.25, 0.3) is 0 Å². The van der Waals surface area contributed by atoms with E-state index in [2.05, 4.69) is 0 Å². The molecule has 5 nitrogen and oxygen atoms in total. The molecule has 0 saturated carbocycles. The van der Waals surface area contributed by atoms with Crippen molar-refractivity contribution in [1.29, 1.82) is 5.26 Å². The van der Waals surface area contributed by atoms with Crippen LogP contribution in [0, 0.1) is 27.3 Å². The molecule has 6 heteroatoms. The van der Waals surface area contributed by atoms with E-state index in [1.165, 1.54) is 12.1 Å². The van der Waals surface area contributed by atoms with Gasteiger partial charge in [-0.1, -0.05) is 12.1 Å². The summed E-state index contributed by atoms with van der Waals surface area (Å²) in [6.45, 7) is 4.09. The number of halogens is 1. The van der Waals surface area contributed by atoms with E-state index in [1.807, 2.05) is 19.9 Å². The number of nitro benzene ring substituents is 1. The Hall–Kier alpha value is -2.00. The van der Waals surface area contributed by atoms with Crippen LogP contribution in [0.3, 0.4) is 0 Å². The number of nitriles is 1. The van der Waals surface area contributed by atoms with Gasteiger partial charge in [-0.25, -0.2) is 0 Å². The highest BCUT2D eigenvalue weighted by atomic mass is 19.1. The second kappa shape index (κ2) is 6.07. The van der Waals surface area contributed by atoms with Gasteiger partial charge in [0, 0.05) is 24.2 Å². The van der Waals surface area contributed by atoms with Gasteiger partial charge in [0.05, 0.1) is 17.5 Å². The standard InChI is InChI=1S/C12H14FN3O2/c1-9(2)15(7-6-14)8-10-4-3-5-11(12(10)13)16(17)18/h3-5,9H,7-8H2,1-2H3. The topological polar surface area (TPSA) is 70.2 Å². The van der Waals surface area contributed by atoms with Crippen molar-refractivity contribution in [3.63, 3.8) is 0 Å². The fraction of sp³-hybridized carbons (Fsp3) is 0.417. The molecular formula is C12H14FN3O2. The van der Waals surface area contributed by atoms with Gasteiger partial charge in [0.2, 0.25) is 5.82 Å². The van der Waals surface area contributed by atoms with E-state index in [-0.39, 0.29) is 24.7 Å². The third-order valence-corrected chi connectivity index (χ3v) is 2.63. The first-order chi connectivity index (χ1) is 8.47. The molecule has 0 aliphatic rings. The van der Waals surface area contributed by atoms with Crippen molar-refractivity contribution in [2.45, 2.75) is 26.4 Å². The van der Waals surface area contributed by atoms with Crippen LogP contribution in [-0.4, -0.2) is 22.4 Å². The van der Waals surface area contributed by atoms with Crippen LogP contribution in [0.1, 0.15) is 19.4 Å². The van der Waals surface area contributed by atoms with Crippen LogP contribution >= 0.6 is 0 Å². The van der Waals surface area contributed by atoms with Gasteiger partial charge in [-0.05, 0) is 13.8 Å². The molecule has 0 N–H and O–H groups in total. The zero-order valence-electron chi connectivity index (χ0n) is 10.3. The van der Waals surface area contributed by atoms with Gasteiger partial charge in [0.1, 0.15) is 0 Å². The molecule has 1 rings (SSSR count). The maximum atomic E-state index is 13.8. The molecule has 0 fully saturated rings. The predicted molar refractivity (Wildman–Crippen MR) is 64.2 cm³/mol. The zero-order valence-corrected chi connectivity index (χ0v) is 10.3. The van der Waals surface area contributed by atoms with Crippen molar-refractivity contribution >= 4 is 5.69 Å². The lowest BCUT2D eigenvalue weighted by Gasteiger charge is -2.23.